The van der Waals surface area contributed by atoms with Gasteiger partial charge in [-0.2, -0.15) is 0 Å². The number of hydrogen-bond acceptors (Lipinski definition) is 4. The summed E-state index contributed by atoms with van der Waals surface area (Å²) < 4.78 is 9.97. The van der Waals surface area contributed by atoms with Crippen molar-refractivity contribution in [1.82, 2.24) is 0 Å². The Morgan fingerprint density at radius 2 is 2.42 bits per heavy atom. The molecule has 1 saturated heterocycles. The van der Waals surface area contributed by atoms with Crippen molar-refractivity contribution in [2.24, 2.45) is 0 Å². The maximum absolute atomic E-state index is 10.7. The van der Waals surface area contributed by atoms with Crippen LogP contribution in [0.25, 0.3) is 0 Å². The molecule has 2 atom stereocenters. The molecule has 0 aromatic rings. The summed E-state index contributed by atoms with van der Waals surface area (Å²) in [6.07, 6.45) is 5.74. The van der Waals surface area contributed by atoms with Gasteiger partial charge in [0.25, 0.3) is 0 Å². The van der Waals surface area contributed by atoms with Gasteiger partial charge in [-0.25, -0.2) is 0 Å². The smallest absolute Gasteiger partial charge is 0.337 e. The first-order chi connectivity index (χ1) is 5.76. The highest BCUT2D eigenvalue weighted by molar-refractivity contribution is 5.21. The lowest BCUT2D eigenvalue weighted by molar-refractivity contribution is -0.607. The molecule has 64 valence electrons. The third-order valence-corrected chi connectivity index (χ3v) is 1.96. The Morgan fingerprint density at radius 1 is 1.58 bits per heavy atom. The van der Waals surface area contributed by atoms with E-state index in [9.17, 15) is 10.1 Å². The lowest BCUT2D eigenvalue weighted by Crippen LogP contribution is -2.45. The fraction of sp³-hybridized carbons (Fsp3) is 0.429. The van der Waals surface area contributed by atoms with Crippen molar-refractivity contribution in [2.75, 3.05) is 6.79 Å². The molecule has 1 aliphatic carbocycles. The number of nitro groups is 1. The Balaban J connectivity index is 2.38. The quantitative estimate of drug-likeness (QED) is 0.422. The monoisotopic (exact) mass is 169 g/mol. The third-order valence-electron chi connectivity index (χ3n) is 1.96. The van der Waals surface area contributed by atoms with Gasteiger partial charge in [-0.1, -0.05) is 12.2 Å². The molecule has 2 unspecified atom stereocenters. The largest absolute Gasteiger partial charge is 0.376 e. The van der Waals surface area contributed by atoms with Crippen molar-refractivity contribution in [3.05, 3.63) is 34.4 Å². The van der Waals surface area contributed by atoms with E-state index in [1.165, 1.54) is 6.08 Å². The molecule has 2 aliphatic rings. The highest BCUT2D eigenvalue weighted by Gasteiger charge is 2.55. The SMILES string of the molecule is O=[N+]([O-])C12C=CC=CC1OCO2. The van der Waals surface area contributed by atoms with E-state index in [1.54, 1.807) is 18.2 Å². The standard InChI is InChI=1S/C7H7NO4/c9-8(10)7-4-2-1-3-6(7)11-5-12-7/h1-4,6H,5H2. The van der Waals surface area contributed by atoms with Crippen LogP contribution in [0.2, 0.25) is 0 Å². The van der Waals surface area contributed by atoms with Crippen molar-refractivity contribution in [3.63, 3.8) is 0 Å². The molecular formula is C7H7NO4. The van der Waals surface area contributed by atoms with Crippen molar-refractivity contribution >= 4 is 0 Å². The van der Waals surface area contributed by atoms with E-state index in [0.717, 1.165) is 0 Å². The first kappa shape index (κ1) is 7.45. The molecule has 0 saturated carbocycles. The van der Waals surface area contributed by atoms with Gasteiger partial charge >= 0.3 is 5.72 Å². The fourth-order valence-electron chi connectivity index (χ4n) is 1.32. The summed E-state index contributed by atoms with van der Waals surface area (Å²) in [6.45, 7) is -0.0275. The van der Waals surface area contributed by atoms with Gasteiger partial charge < -0.3 is 4.74 Å². The van der Waals surface area contributed by atoms with Gasteiger partial charge in [0.15, 0.2) is 12.9 Å². The Hall–Kier alpha value is -1.20. The van der Waals surface area contributed by atoms with Crippen LogP contribution in [0.15, 0.2) is 24.3 Å². The molecular weight excluding hydrogens is 162 g/mol. The minimum Gasteiger partial charge on any atom is -0.337 e. The lowest BCUT2D eigenvalue weighted by atomic mass is 10.0. The van der Waals surface area contributed by atoms with E-state index in [2.05, 4.69) is 0 Å². The average Bonchev–Trinajstić information content (AvgIpc) is 2.48. The summed E-state index contributed by atoms with van der Waals surface area (Å²) in [5.74, 6) is 0. The van der Waals surface area contributed by atoms with Crippen LogP contribution in [0.4, 0.5) is 0 Å². The maximum Gasteiger partial charge on any atom is 0.376 e. The first-order valence-electron chi connectivity index (χ1n) is 3.52. The number of ether oxygens (including phenoxy) is 2. The molecule has 1 heterocycles. The van der Waals surface area contributed by atoms with Crippen molar-refractivity contribution in [2.45, 2.75) is 11.8 Å². The zero-order valence-corrected chi connectivity index (χ0v) is 6.17. The summed E-state index contributed by atoms with van der Waals surface area (Å²) in [5, 5.41) is 10.7. The van der Waals surface area contributed by atoms with Crippen LogP contribution in [-0.2, 0) is 9.47 Å². The Morgan fingerprint density at radius 3 is 3.08 bits per heavy atom. The van der Waals surface area contributed by atoms with Crippen LogP contribution < -0.4 is 0 Å². The van der Waals surface area contributed by atoms with E-state index < -0.39 is 16.8 Å². The molecule has 12 heavy (non-hydrogen) atoms. The summed E-state index contributed by atoms with van der Waals surface area (Å²) in [4.78, 5) is 10.2. The first-order valence-corrected chi connectivity index (χ1v) is 3.52. The van der Waals surface area contributed by atoms with Crippen LogP contribution in [0, 0.1) is 10.1 Å². The molecule has 0 aromatic heterocycles. The van der Waals surface area contributed by atoms with Crippen LogP contribution in [-0.4, -0.2) is 23.5 Å². The Kier molecular flexibility index (Phi) is 1.49. The zero-order chi connectivity index (χ0) is 8.60. The van der Waals surface area contributed by atoms with Gasteiger partial charge in [0.1, 0.15) is 0 Å². The number of rotatable bonds is 1. The van der Waals surface area contributed by atoms with Crippen molar-refractivity contribution in [3.8, 4) is 0 Å². The molecule has 5 heteroatoms. The molecule has 0 spiro atoms. The number of nitrogens with zero attached hydrogens (tertiary/aromatic N) is 1. The van der Waals surface area contributed by atoms with Crippen molar-refractivity contribution < 1.29 is 14.4 Å². The molecule has 0 bridgehead atoms. The van der Waals surface area contributed by atoms with Gasteiger partial charge in [-0.05, 0) is 6.08 Å². The predicted octanol–water partition coefficient (Wildman–Crippen LogP) is 0.458. The number of allylic oxidation sites excluding steroid dienone is 2. The highest BCUT2D eigenvalue weighted by Crippen LogP contribution is 2.31. The molecule has 1 fully saturated rings. The summed E-state index contributed by atoms with van der Waals surface area (Å²) in [7, 11) is 0. The van der Waals surface area contributed by atoms with Gasteiger partial charge in [-0.15, -0.1) is 0 Å². The maximum atomic E-state index is 10.7. The van der Waals surface area contributed by atoms with Gasteiger partial charge in [0, 0.05) is 6.08 Å². The molecule has 5 nitrogen and oxygen atoms in total. The zero-order valence-electron chi connectivity index (χ0n) is 6.17. The fourth-order valence-corrected chi connectivity index (χ4v) is 1.32. The number of fused-ring (bicyclic) bond motifs is 1. The molecule has 2 rings (SSSR count). The third kappa shape index (κ3) is 0.804. The topological polar surface area (TPSA) is 61.6 Å². The van der Waals surface area contributed by atoms with E-state index in [4.69, 9.17) is 9.47 Å². The Labute approximate surface area is 68.4 Å². The lowest BCUT2D eigenvalue weighted by Gasteiger charge is -2.19. The van der Waals surface area contributed by atoms with Crippen LogP contribution >= 0.6 is 0 Å². The Bertz CT molecular complexity index is 273. The minimum atomic E-state index is -1.48. The van der Waals surface area contributed by atoms with Gasteiger partial charge in [0.05, 0.1) is 4.92 Å². The molecule has 0 N–H and O–H groups in total. The van der Waals surface area contributed by atoms with Crippen LogP contribution in [0.1, 0.15) is 0 Å². The average molecular weight is 169 g/mol. The molecule has 0 radical (unpaired) electrons. The summed E-state index contributed by atoms with van der Waals surface area (Å²) >= 11 is 0. The summed E-state index contributed by atoms with van der Waals surface area (Å²) in [6, 6.07) is 0. The van der Waals surface area contributed by atoms with E-state index in [-0.39, 0.29) is 6.79 Å². The molecule has 0 aromatic carbocycles. The van der Waals surface area contributed by atoms with Crippen LogP contribution in [0.5, 0.6) is 0 Å². The molecule has 1 aliphatic heterocycles. The van der Waals surface area contributed by atoms with E-state index in [0.29, 0.717) is 0 Å². The van der Waals surface area contributed by atoms with Gasteiger partial charge in [0.2, 0.25) is 0 Å². The van der Waals surface area contributed by atoms with E-state index in [1.807, 2.05) is 0 Å². The second kappa shape index (κ2) is 2.40. The van der Waals surface area contributed by atoms with Crippen LogP contribution in [0.3, 0.4) is 0 Å². The number of hydrogen-bond donors (Lipinski definition) is 0. The highest BCUT2D eigenvalue weighted by atomic mass is 16.8. The van der Waals surface area contributed by atoms with Crippen molar-refractivity contribution in [1.29, 1.82) is 0 Å². The normalized spacial score (nSPS) is 38.2. The predicted molar refractivity (Wildman–Crippen MR) is 38.8 cm³/mol. The van der Waals surface area contributed by atoms with E-state index >= 15 is 0 Å². The molecule has 0 amide bonds. The van der Waals surface area contributed by atoms with Gasteiger partial charge in [-0.3, -0.25) is 14.9 Å². The summed E-state index contributed by atoms with van der Waals surface area (Å²) in [5.41, 5.74) is -1.48. The second-order valence-corrected chi connectivity index (χ2v) is 2.60. The minimum absolute atomic E-state index is 0.0275. The second-order valence-electron chi connectivity index (χ2n) is 2.60.